The Balaban J connectivity index is 1.80. The fourth-order valence-electron chi connectivity index (χ4n) is 2.78. The first-order valence-electron chi connectivity index (χ1n) is 8.54. The second-order valence-electron chi connectivity index (χ2n) is 6.27. The molecule has 1 aromatic heterocycles. The topological polar surface area (TPSA) is 49.0 Å². The molecule has 3 rings (SSSR count). The second-order valence-corrected chi connectivity index (χ2v) is 6.27. The van der Waals surface area contributed by atoms with Crippen molar-refractivity contribution in [3.63, 3.8) is 0 Å². The quantitative estimate of drug-likeness (QED) is 0.754. The highest BCUT2D eigenvalue weighted by Gasteiger charge is 2.17. The van der Waals surface area contributed by atoms with Gasteiger partial charge in [0.1, 0.15) is 5.69 Å². The molecule has 0 bridgehead atoms. The Kier molecular flexibility index (Phi) is 4.98. The Morgan fingerprint density at radius 2 is 1.80 bits per heavy atom. The minimum absolute atomic E-state index is 0.0334. The zero-order chi connectivity index (χ0) is 17.8. The zero-order valence-corrected chi connectivity index (χ0v) is 14.9. The van der Waals surface area contributed by atoms with Gasteiger partial charge in [0, 0.05) is 18.7 Å². The monoisotopic (exact) mass is 333 g/mol. The Bertz CT molecular complexity index is 868. The number of H-pyrrole nitrogens is 1. The maximum Gasteiger partial charge on any atom is 0.272 e. The summed E-state index contributed by atoms with van der Waals surface area (Å²) in [6, 6.07) is 18.1. The number of aryl methyl sites for hydroxylation is 2. The van der Waals surface area contributed by atoms with E-state index in [0.29, 0.717) is 18.8 Å². The van der Waals surface area contributed by atoms with Gasteiger partial charge in [-0.3, -0.25) is 9.89 Å². The SMILES string of the molecule is CCN(Cc1ccccc1)C(=O)c1cc(-c2ccc(C)c(C)c2)n[nH]1. The Labute approximate surface area is 148 Å². The molecule has 4 heteroatoms. The minimum atomic E-state index is -0.0334. The highest BCUT2D eigenvalue weighted by Crippen LogP contribution is 2.21. The van der Waals surface area contributed by atoms with Gasteiger partial charge in [-0.25, -0.2) is 0 Å². The summed E-state index contributed by atoms with van der Waals surface area (Å²) in [5.74, 6) is -0.0334. The number of carbonyl (C=O) groups is 1. The molecule has 0 fully saturated rings. The van der Waals surface area contributed by atoms with Crippen LogP contribution >= 0.6 is 0 Å². The van der Waals surface area contributed by atoms with Gasteiger partial charge in [-0.2, -0.15) is 5.10 Å². The van der Waals surface area contributed by atoms with Crippen LogP contribution in [0.1, 0.15) is 34.1 Å². The normalized spacial score (nSPS) is 10.7. The molecule has 0 spiro atoms. The summed E-state index contributed by atoms with van der Waals surface area (Å²) in [5, 5.41) is 7.23. The van der Waals surface area contributed by atoms with Crippen LogP contribution in [0.4, 0.5) is 0 Å². The molecule has 3 aromatic rings. The van der Waals surface area contributed by atoms with E-state index in [-0.39, 0.29) is 5.91 Å². The summed E-state index contributed by atoms with van der Waals surface area (Å²) in [5.41, 5.74) is 5.91. The van der Waals surface area contributed by atoms with E-state index < -0.39 is 0 Å². The molecule has 0 radical (unpaired) electrons. The van der Waals surface area contributed by atoms with Crippen molar-refractivity contribution in [3.05, 3.63) is 77.0 Å². The lowest BCUT2D eigenvalue weighted by molar-refractivity contribution is 0.0746. The predicted molar refractivity (Wildman–Crippen MR) is 100 cm³/mol. The molecule has 0 unspecified atom stereocenters. The van der Waals surface area contributed by atoms with Crippen LogP contribution in [0.2, 0.25) is 0 Å². The Morgan fingerprint density at radius 3 is 2.48 bits per heavy atom. The van der Waals surface area contributed by atoms with Gasteiger partial charge >= 0.3 is 0 Å². The average molecular weight is 333 g/mol. The molecule has 1 N–H and O–H groups in total. The molecule has 0 aliphatic carbocycles. The van der Waals surface area contributed by atoms with Crippen LogP contribution in [0.3, 0.4) is 0 Å². The van der Waals surface area contributed by atoms with Gasteiger partial charge in [0.25, 0.3) is 5.91 Å². The van der Waals surface area contributed by atoms with Crippen molar-refractivity contribution in [1.29, 1.82) is 0 Å². The standard InChI is InChI=1S/C21H23N3O/c1-4-24(14-17-8-6-5-7-9-17)21(25)20-13-19(22-23-20)18-11-10-15(2)16(3)12-18/h5-13H,4,14H2,1-3H3,(H,22,23). The lowest BCUT2D eigenvalue weighted by Gasteiger charge is -2.20. The van der Waals surface area contributed by atoms with E-state index in [0.717, 1.165) is 16.8 Å². The van der Waals surface area contributed by atoms with Gasteiger partial charge in [0.05, 0.1) is 5.69 Å². The number of hydrogen-bond acceptors (Lipinski definition) is 2. The third kappa shape index (κ3) is 3.79. The molecule has 128 valence electrons. The van der Waals surface area contributed by atoms with Crippen molar-refractivity contribution in [1.82, 2.24) is 15.1 Å². The molecule has 0 aliphatic rings. The molecule has 1 amide bonds. The molecule has 0 saturated heterocycles. The summed E-state index contributed by atoms with van der Waals surface area (Å²) in [6.45, 7) is 7.39. The largest absolute Gasteiger partial charge is 0.333 e. The molecule has 0 aliphatic heterocycles. The fraction of sp³-hybridized carbons (Fsp3) is 0.238. The Hall–Kier alpha value is -2.88. The molecule has 4 nitrogen and oxygen atoms in total. The van der Waals surface area contributed by atoms with Gasteiger partial charge < -0.3 is 4.90 Å². The van der Waals surface area contributed by atoms with E-state index >= 15 is 0 Å². The van der Waals surface area contributed by atoms with Gasteiger partial charge in [0.2, 0.25) is 0 Å². The van der Waals surface area contributed by atoms with Crippen molar-refractivity contribution in [2.45, 2.75) is 27.3 Å². The highest BCUT2D eigenvalue weighted by atomic mass is 16.2. The van der Waals surface area contributed by atoms with Crippen LogP contribution in [-0.2, 0) is 6.54 Å². The van der Waals surface area contributed by atoms with E-state index in [4.69, 9.17) is 0 Å². The number of carbonyl (C=O) groups excluding carboxylic acids is 1. The third-order valence-corrected chi connectivity index (χ3v) is 4.50. The first-order chi connectivity index (χ1) is 12.1. The first kappa shape index (κ1) is 17.0. The summed E-state index contributed by atoms with van der Waals surface area (Å²) < 4.78 is 0. The molecule has 2 aromatic carbocycles. The highest BCUT2D eigenvalue weighted by molar-refractivity contribution is 5.93. The van der Waals surface area contributed by atoms with E-state index in [1.807, 2.05) is 54.3 Å². The molecule has 25 heavy (non-hydrogen) atoms. The van der Waals surface area contributed by atoms with Crippen LogP contribution in [0, 0.1) is 13.8 Å². The Morgan fingerprint density at radius 1 is 1.04 bits per heavy atom. The van der Waals surface area contributed by atoms with E-state index in [2.05, 4.69) is 36.2 Å². The number of nitrogens with zero attached hydrogens (tertiary/aromatic N) is 2. The average Bonchev–Trinajstić information content (AvgIpc) is 3.12. The number of aromatic nitrogens is 2. The van der Waals surface area contributed by atoms with Gasteiger partial charge in [-0.05, 0) is 49.6 Å². The fourth-order valence-corrected chi connectivity index (χ4v) is 2.78. The number of hydrogen-bond donors (Lipinski definition) is 1. The number of benzene rings is 2. The number of nitrogens with one attached hydrogen (secondary N) is 1. The van der Waals surface area contributed by atoms with Crippen molar-refractivity contribution < 1.29 is 4.79 Å². The van der Waals surface area contributed by atoms with Crippen molar-refractivity contribution in [2.75, 3.05) is 6.54 Å². The van der Waals surface area contributed by atoms with Crippen molar-refractivity contribution in [3.8, 4) is 11.3 Å². The lowest BCUT2D eigenvalue weighted by atomic mass is 10.0. The number of amides is 1. The van der Waals surface area contributed by atoms with Crippen molar-refractivity contribution >= 4 is 5.91 Å². The second kappa shape index (κ2) is 7.34. The summed E-state index contributed by atoms with van der Waals surface area (Å²) in [7, 11) is 0. The molecule has 1 heterocycles. The van der Waals surface area contributed by atoms with Gasteiger partial charge in [-0.1, -0.05) is 42.5 Å². The molecule has 0 atom stereocenters. The molecular formula is C21H23N3O. The van der Waals surface area contributed by atoms with Crippen LogP contribution < -0.4 is 0 Å². The van der Waals surface area contributed by atoms with Crippen LogP contribution in [-0.4, -0.2) is 27.5 Å². The van der Waals surface area contributed by atoms with E-state index in [1.165, 1.54) is 11.1 Å². The summed E-state index contributed by atoms with van der Waals surface area (Å²) in [4.78, 5) is 14.6. The molecular weight excluding hydrogens is 310 g/mol. The van der Waals surface area contributed by atoms with Crippen molar-refractivity contribution in [2.24, 2.45) is 0 Å². The minimum Gasteiger partial charge on any atom is -0.333 e. The summed E-state index contributed by atoms with van der Waals surface area (Å²) >= 11 is 0. The number of rotatable bonds is 5. The smallest absolute Gasteiger partial charge is 0.272 e. The summed E-state index contributed by atoms with van der Waals surface area (Å²) in [6.07, 6.45) is 0. The zero-order valence-electron chi connectivity index (χ0n) is 14.9. The van der Waals surface area contributed by atoms with Gasteiger partial charge in [0.15, 0.2) is 0 Å². The number of aromatic amines is 1. The maximum atomic E-state index is 12.8. The lowest BCUT2D eigenvalue weighted by Crippen LogP contribution is -2.30. The predicted octanol–water partition coefficient (Wildman–Crippen LogP) is 4.36. The third-order valence-electron chi connectivity index (χ3n) is 4.50. The maximum absolute atomic E-state index is 12.8. The molecule has 0 saturated carbocycles. The van der Waals surface area contributed by atoms with E-state index in [9.17, 15) is 4.79 Å². The van der Waals surface area contributed by atoms with Crippen LogP contribution in [0.5, 0.6) is 0 Å². The first-order valence-corrected chi connectivity index (χ1v) is 8.54. The van der Waals surface area contributed by atoms with Gasteiger partial charge in [-0.15, -0.1) is 0 Å². The van der Waals surface area contributed by atoms with Crippen LogP contribution in [0.15, 0.2) is 54.6 Å². The van der Waals surface area contributed by atoms with Crippen LogP contribution in [0.25, 0.3) is 11.3 Å². The van der Waals surface area contributed by atoms with E-state index in [1.54, 1.807) is 0 Å².